The maximum absolute atomic E-state index is 15.2. The van der Waals surface area contributed by atoms with E-state index in [-0.39, 0.29) is 60.6 Å². The van der Waals surface area contributed by atoms with Gasteiger partial charge in [0.25, 0.3) is 11.5 Å². The molecule has 1 amide bonds. The number of likely N-dealkylation sites (tertiary alicyclic amines) is 1. The average Bonchev–Trinajstić information content (AvgIpc) is 3.87. The van der Waals surface area contributed by atoms with Gasteiger partial charge in [-0.2, -0.15) is 13.2 Å². The van der Waals surface area contributed by atoms with Gasteiger partial charge in [0.2, 0.25) is 0 Å². The number of amides is 1. The van der Waals surface area contributed by atoms with Gasteiger partial charge in [0.15, 0.2) is 0 Å². The number of aryl methyl sites for hydroxylation is 2. The highest BCUT2D eigenvalue weighted by Crippen LogP contribution is 2.32. The number of rotatable bonds is 23. The van der Waals surface area contributed by atoms with Gasteiger partial charge in [-0.05, 0) is 101 Å². The molecule has 15 nitrogen and oxygen atoms in total. The highest BCUT2D eigenvalue weighted by molar-refractivity contribution is 5.96. The summed E-state index contributed by atoms with van der Waals surface area (Å²) in [4.78, 5) is 27.8. The van der Waals surface area contributed by atoms with Crippen LogP contribution in [0.1, 0.15) is 45.9 Å². The van der Waals surface area contributed by atoms with Crippen molar-refractivity contribution in [2.24, 2.45) is 0 Å². The number of alkyl halides is 3. The van der Waals surface area contributed by atoms with Crippen LogP contribution >= 0.6 is 0 Å². The topological polar surface area (TPSA) is 156 Å². The summed E-state index contributed by atoms with van der Waals surface area (Å²) in [5.41, 5.74) is 4.58. The molecule has 4 heterocycles. The van der Waals surface area contributed by atoms with Gasteiger partial charge < -0.3 is 58.2 Å². The Labute approximate surface area is 409 Å². The molecular weight excluding hydrogens is 927 g/mol. The van der Waals surface area contributed by atoms with Gasteiger partial charge in [0, 0.05) is 53.1 Å². The number of carbonyl (C=O) groups excluding carboxylic acids is 1. The van der Waals surface area contributed by atoms with Crippen molar-refractivity contribution in [2.45, 2.75) is 52.0 Å². The Balaban J connectivity index is 0.780. The van der Waals surface area contributed by atoms with Crippen molar-refractivity contribution in [3.63, 3.8) is 0 Å². The van der Waals surface area contributed by atoms with Crippen LogP contribution in [0.4, 0.5) is 28.9 Å². The van der Waals surface area contributed by atoms with Crippen LogP contribution in [0.3, 0.4) is 0 Å². The van der Waals surface area contributed by atoms with Gasteiger partial charge >= 0.3 is 6.18 Å². The summed E-state index contributed by atoms with van der Waals surface area (Å²) in [6, 6.07) is 20.3. The molecule has 1 fully saturated rings. The van der Waals surface area contributed by atoms with Gasteiger partial charge in [-0.15, -0.1) is 0 Å². The van der Waals surface area contributed by atoms with E-state index in [1.807, 2.05) is 44.2 Å². The molecule has 0 atom stereocenters. The Morgan fingerprint density at radius 1 is 0.901 bits per heavy atom. The van der Waals surface area contributed by atoms with Crippen LogP contribution in [0, 0.1) is 31.5 Å². The molecule has 3 N–H and O–H groups in total. The summed E-state index contributed by atoms with van der Waals surface area (Å²) in [7, 11) is 3.43. The number of aromatic nitrogens is 3. The largest absolute Gasteiger partial charge is 0.495 e. The van der Waals surface area contributed by atoms with Crippen molar-refractivity contribution in [1.82, 2.24) is 24.5 Å². The van der Waals surface area contributed by atoms with Gasteiger partial charge in [0.05, 0.1) is 88.0 Å². The lowest BCUT2D eigenvalue weighted by atomic mass is 10.0. The number of hydrogen-bond donors (Lipinski definition) is 3. The lowest BCUT2D eigenvalue weighted by Crippen LogP contribution is -2.36. The standard InChI is InChI=1S/C52H59F4N7O8/c1-35-50(36(2)71-60-35)38-13-14-49(64)62(33-38)32-37-8-5-10-41(28-37)70-27-26-69-25-24-68-23-22-67-21-18-58-51(65)42-30-48(66-4)46(31-44(42)53)57-17-7-9-40-29-43-45(59-39-15-19-61(3)20-16-39)11-6-12-47(43)63(40)34-52(54,55)56/h5-6,8,10-14,28-31,33,39,57,59H,15-27,32,34H2,1-4H3,(H,58,65). The van der Waals surface area contributed by atoms with E-state index >= 15 is 4.39 Å². The number of piperidine rings is 1. The molecule has 0 spiro atoms. The van der Waals surface area contributed by atoms with Gasteiger partial charge in [-0.25, -0.2) is 4.39 Å². The van der Waals surface area contributed by atoms with Crippen LogP contribution in [-0.4, -0.2) is 124 Å². The number of methoxy groups -OCH3 is 1. The third-order valence-corrected chi connectivity index (χ3v) is 11.8. The third-order valence-electron chi connectivity index (χ3n) is 11.8. The first kappa shape index (κ1) is 52.0. The molecule has 3 aromatic heterocycles. The molecule has 0 aliphatic carbocycles. The fraction of sp³-hybridized carbons (Fsp3) is 0.404. The van der Waals surface area contributed by atoms with Gasteiger partial charge in [-0.3, -0.25) is 9.59 Å². The second-order valence-corrected chi connectivity index (χ2v) is 17.1. The smallest absolute Gasteiger partial charge is 0.406 e. The van der Waals surface area contributed by atoms with Crippen molar-refractivity contribution in [2.75, 3.05) is 97.2 Å². The maximum atomic E-state index is 15.2. The molecule has 19 heteroatoms. The molecule has 0 unspecified atom stereocenters. The molecule has 378 valence electrons. The maximum Gasteiger partial charge on any atom is 0.406 e. The number of halogens is 4. The van der Waals surface area contributed by atoms with E-state index in [9.17, 15) is 22.8 Å². The quantitative estimate of drug-likeness (QED) is 0.0328. The number of fused-ring (bicyclic) bond motifs is 1. The van der Waals surface area contributed by atoms with Gasteiger partial charge in [0.1, 0.15) is 36.2 Å². The molecule has 1 saturated heterocycles. The lowest BCUT2D eigenvalue weighted by molar-refractivity contribution is -0.140. The normalized spacial score (nSPS) is 13.2. The van der Waals surface area contributed by atoms with Crippen molar-refractivity contribution < 1.29 is 50.6 Å². The first-order valence-corrected chi connectivity index (χ1v) is 23.4. The summed E-state index contributed by atoms with van der Waals surface area (Å²) in [5.74, 6) is 5.76. The average molecular weight is 986 g/mol. The minimum absolute atomic E-state index is 0.0502. The van der Waals surface area contributed by atoms with Crippen LogP contribution < -0.4 is 31.0 Å². The summed E-state index contributed by atoms with van der Waals surface area (Å²) < 4.78 is 92.6. The Morgan fingerprint density at radius 2 is 1.63 bits per heavy atom. The number of carbonyl (C=O) groups is 1. The fourth-order valence-electron chi connectivity index (χ4n) is 8.27. The van der Waals surface area contributed by atoms with Crippen LogP contribution in [0.2, 0.25) is 0 Å². The van der Waals surface area contributed by atoms with Crippen LogP contribution in [0.15, 0.2) is 88.3 Å². The van der Waals surface area contributed by atoms with Crippen LogP contribution in [0.5, 0.6) is 11.5 Å². The van der Waals surface area contributed by atoms with Crippen LogP contribution in [-0.2, 0) is 27.3 Å². The summed E-state index contributed by atoms with van der Waals surface area (Å²) in [6.45, 7) is 6.83. The number of ether oxygens (including phenoxy) is 5. The van der Waals surface area contributed by atoms with E-state index in [1.165, 1.54) is 19.2 Å². The molecule has 1 aliphatic rings. The molecule has 3 aromatic carbocycles. The SMILES string of the molecule is COc1cc(C(=O)NCCOCCOCCOCCOc2cccc(Cn3cc(-c4c(C)noc4C)ccc3=O)c2)c(F)cc1NCC#Cc1cc2c(NC3CCN(C)CC3)cccc2n1CC(F)(F)F. The lowest BCUT2D eigenvalue weighted by Gasteiger charge is -2.30. The van der Waals surface area contributed by atoms with E-state index in [4.69, 9.17) is 28.2 Å². The summed E-state index contributed by atoms with van der Waals surface area (Å²) in [5, 5.41) is 13.8. The molecule has 6 aromatic rings. The molecule has 71 heavy (non-hydrogen) atoms. The Hall–Kier alpha value is -6.85. The molecule has 0 saturated carbocycles. The number of benzene rings is 3. The molecule has 0 bridgehead atoms. The molecular formula is C52H59F4N7O8. The number of pyridine rings is 1. The Morgan fingerprint density at radius 3 is 2.35 bits per heavy atom. The van der Waals surface area contributed by atoms with Crippen molar-refractivity contribution in [3.8, 4) is 34.5 Å². The van der Waals surface area contributed by atoms with E-state index in [0.717, 1.165) is 64.6 Å². The third kappa shape index (κ3) is 14.6. The first-order chi connectivity index (χ1) is 34.3. The predicted molar refractivity (Wildman–Crippen MR) is 262 cm³/mol. The predicted octanol–water partition coefficient (Wildman–Crippen LogP) is 7.66. The molecule has 1 aliphatic heterocycles. The second kappa shape index (κ2) is 24.8. The fourth-order valence-corrected chi connectivity index (χ4v) is 8.27. The first-order valence-electron chi connectivity index (χ1n) is 23.4. The highest BCUT2D eigenvalue weighted by atomic mass is 19.4. The minimum Gasteiger partial charge on any atom is -0.495 e. The van der Waals surface area contributed by atoms with E-state index in [2.05, 4.69) is 44.9 Å². The number of nitrogens with one attached hydrogen (secondary N) is 3. The summed E-state index contributed by atoms with van der Waals surface area (Å²) >= 11 is 0. The number of hydrogen-bond acceptors (Lipinski definition) is 12. The van der Waals surface area contributed by atoms with E-state index in [1.54, 1.807) is 35.0 Å². The van der Waals surface area contributed by atoms with Crippen molar-refractivity contribution >= 4 is 28.2 Å². The second-order valence-electron chi connectivity index (χ2n) is 17.1. The highest BCUT2D eigenvalue weighted by Gasteiger charge is 2.30. The van der Waals surface area contributed by atoms with Crippen molar-refractivity contribution in [1.29, 1.82) is 0 Å². The monoisotopic (exact) mass is 985 g/mol. The van der Waals surface area contributed by atoms with Gasteiger partial charge in [-0.1, -0.05) is 29.3 Å². The minimum atomic E-state index is -4.48. The zero-order chi connectivity index (χ0) is 50.3. The van der Waals surface area contributed by atoms with E-state index < -0.39 is 24.4 Å². The zero-order valence-corrected chi connectivity index (χ0v) is 40.3. The Kier molecular flexibility index (Phi) is 18.2. The zero-order valence-electron chi connectivity index (χ0n) is 40.3. The number of anilines is 2. The molecule has 7 rings (SSSR count). The Bertz CT molecular complexity index is 2840. The van der Waals surface area contributed by atoms with Crippen molar-refractivity contribution in [3.05, 3.63) is 123 Å². The summed E-state index contributed by atoms with van der Waals surface area (Å²) in [6.07, 6.45) is -0.827. The van der Waals surface area contributed by atoms with E-state index in [0.29, 0.717) is 62.0 Å². The number of nitrogens with zero attached hydrogens (tertiary/aromatic N) is 4. The van der Waals surface area contributed by atoms with Crippen LogP contribution in [0.25, 0.3) is 22.0 Å². The molecule has 0 radical (unpaired) electrons.